The van der Waals surface area contributed by atoms with Gasteiger partial charge in [0.2, 0.25) is 0 Å². The molecule has 1 atom stereocenters. The molecule has 0 bridgehead atoms. The fourth-order valence-corrected chi connectivity index (χ4v) is 2.03. The summed E-state index contributed by atoms with van der Waals surface area (Å²) in [4.78, 5) is 11.9. The van der Waals surface area contributed by atoms with Gasteiger partial charge in [0.1, 0.15) is 0 Å². The molecule has 1 saturated carbocycles. The highest BCUT2D eigenvalue weighted by Crippen LogP contribution is 2.39. The number of amides is 1. The molecule has 1 aliphatic heterocycles. The van der Waals surface area contributed by atoms with Crippen LogP contribution in [0.1, 0.15) is 32.6 Å². The minimum Gasteiger partial charge on any atom is -0.488 e. The smallest absolute Gasteiger partial charge is 0.286 e. The minimum absolute atomic E-state index is 0.0172. The van der Waals surface area contributed by atoms with Gasteiger partial charge >= 0.3 is 0 Å². The molecule has 0 aromatic heterocycles. The lowest BCUT2D eigenvalue weighted by Gasteiger charge is -2.29. The van der Waals surface area contributed by atoms with Crippen LogP contribution in [-0.2, 0) is 9.53 Å². The Labute approximate surface area is 95.7 Å². The molecule has 1 unspecified atom stereocenters. The Bertz CT molecular complexity index is 309. The fraction of sp³-hybridized carbons (Fsp3) is 0.750. The molecule has 4 nitrogen and oxygen atoms in total. The van der Waals surface area contributed by atoms with E-state index in [9.17, 15) is 9.90 Å². The maximum absolute atomic E-state index is 11.9. The number of nitrogens with one attached hydrogen (secondary N) is 1. The third-order valence-corrected chi connectivity index (χ3v) is 3.37. The zero-order valence-corrected chi connectivity index (χ0v) is 9.66. The van der Waals surface area contributed by atoms with Crippen LogP contribution in [0.25, 0.3) is 0 Å². The van der Waals surface area contributed by atoms with Gasteiger partial charge in [-0.1, -0.05) is 0 Å². The number of rotatable bonds is 4. The first kappa shape index (κ1) is 11.5. The van der Waals surface area contributed by atoms with Crippen LogP contribution in [0.15, 0.2) is 11.8 Å². The zero-order valence-electron chi connectivity index (χ0n) is 9.66. The molecule has 0 spiro atoms. The summed E-state index contributed by atoms with van der Waals surface area (Å²) in [6.45, 7) is 2.49. The summed E-state index contributed by atoms with van der Waals surface area (Å²) in [5.74, 6) is 0.625. The van der Waals surface area contributed by atoms with E-state index in [2.05, 4.69) is 5.32 Å². The van der Waals surface area contributed by atoms with Gasteiger partial charge in [-0.25, -0.2) is 0 Å². The maximum Gasteiger partial charge on any atom is 0.286 e. The Balaban J connectivity index is 1.97. The molecular formula is C12H19NO3. The standard InChI is InChI=1S/C12H19NO3/c1-12(8-14,9-5-6-9)13-11(15)10-4-2-3-7-16-10/h4,9,14H,2-3,5-8H2,1H3,(H,13,15). The Morgan fingerprint density at radius 3 is 2.94 bits per heavy atom. The molecule has 1 aliphatic carbocycles. The predicted octanol–water partition coefficient (Wildman–Crippen LogP) is 0.958. The summed E-state index contributed by atoms with van der Waals surface area (Å²) in [5, 5.41) is 12.3. The van der Waals surface area contributed by atoms with Gasteiger partial charge in [0.15, 0.2) is 5.76 Å². The van der Waals surface area contributed by atoms with Crippen molar-refractivity contribution in [2.75, 3.05) is 13.2 Å². The molecule has 1 amide bonds. The van der Waals surface area contributed by atoms with Gasteiger partial charge < -0.3 is 15.2 Å². The van der Waals surface area contributed by atoms with E-state index in [1.807, 2.05) is 13.0 Å². The molecule has 0 aromatic carbocycles. The fourth-order valence-electron chi connectivity index (χ4n) is 2.03. The van der Waals surface area contributed by atoms with Gasteiger partial charge in [-0.05, 0) is 44.6 Å². The molecule has 0 aromatic rings. The summed E-state index contributed by atoms with van der Waals surface area (Å²) in [6, 6.07) is 0. The third kappa shape index (κ3) is 2.38. The second-order valence-electron chi connectivity index (χ2n) is 4.86. The molecule has 2 N–H and O–H groups in total. The van der Waals surface area contributed by atoms with Gasteiger partial charge in [0, 0.05) is 0 Å². The lowest BCUT2D eigenvalue weighted by molar-refractivity contribution is -0.123. The Morgan fingerprint density at radius 2 is 2.44 bits per heavy atom. The Hall–Kier alpha value is -1.03. The van der Waals surface area contributed by atoms with Crippen molar-refractivity contribution in [1.82, 2.24) is 5.32 Å². The third-order valence-electron chi connectivity index (χ3n) is 3.37. The van der Waals surface area contributed by atoms with Crippen molar-refractivity contribution in [3.05, 3.63) is 11.8 Å². The number of hydrogen-bond donors (Lipinski definition) is 2. The summed E-state index contributed by atoms with van der Waals surface area (Å²) in [5.41, 5.74) is -0.487. The molecule has 0 saturated heterocycles. The first-order valence-electron chi connectivity index (χ1n) is 5.92. The van der Waals surface area contributed by atoms with Crippen molar-refractivity contribution in [2.45, 2.75) is 38.1 Å². The minimum atomic E-state index is -0.487. The van der Waals surface area contributed by atoms with Crippen LogP contribution in [0.5, 0.6) is 0 Å². The van der Waals surface area contributed by atoms with E-state index in [1.165, 1.54) is 0 Å². The second kappa shape index (κ2) is 4.45. The average molecular weight is 225 g/mol. The van der Waals surface area contributed by atoms with Crippen molar-refractivity contribution < 1.29 is 14.6 Å². The van der Waals surface area contributed by atoms with E-state index >= 15 is 0 Å². The van der Waals surface area contributed by atoms with Gasteiger partial charge in [0.25, 0.3) is 5.91 Å². The van der Waals surface area contributed by atoms with Gasteiger partial charge in [-0.3, -0.25) is 4.79 Å². The van der Waals surface area contributed by atoms with Crippen LogP contribution in [0, 0.1) is 5.92 Å². The quantitative estimate of drug-likeness (QED) is 0.749. The molecule has 0 radical (unpaired) electrons. The number of aliphatic hydroxyl groups excluding tert-OH is 1. The Morgan fingerprint density at radius 1 is 1.69 bits per heavy atom. The van der Waals surface area contributed by atoms with Crippen LogP contribution in [0.3, 0.4) is 0 Å². The molecule has 2 rings (SSSR count). The Kier molecular flexibility index (Phi) is 3.19. The van der Waals surface area contributed by atoms with Gasteiger partial charge in [-0.2, -0.15) is 0 Å². The van der Waals surface area contributed by atoms with Gasteiger partial charge in [-0.15, -0.1) is 0 Å². The lowest BCUT2D eigenvalue weighted by Crippen LogP contribution is -2.51. The summed E-state index contributed by atoms with van der Waals surface area (Å²) < 4.78 is 5.30. The van der Waals surface area contributed by atoms with Crippen molar-refractivity contribution in [3.63, 3.8) is 0 Å². The summed E-state index contributed by atoms with van der Waals surface area (Å²) >= 11 is 0. The van der Waals surface area contributed by atoms with E-state index < -0.39 is 5.54 Å². The molecular weight excluding hydrogens is 206 g/mol. The van der Waals surface area contributed by atoms with Crippen molar-refractivity contribution in [1.29, 1.82) is 0 Å². The number of carbonyl (C=O) groups is 1. The number of hydrogen-bond acceptors (Lipinski definition) is 3. The van der Waals surface area contributed by atoms with Crippen LogP contribution in [0.2, 0.25) is 0 Å². The van der Waals surface area contributed by atoms with Gasteiger partial charge in [0.05, 0.1) is 18.8 Å². The molecule has 16 heavy (non-hydrogen) atoms. The summed E-state index contributed by atoms with van der Waals surface area (Å²) in [6.07, 6.45) is 5.84. The van der Waals surface area contributed by atoms with Crippen molar-refractivity contribution in [2.24, 2.45) is 5.92 Å². The van der Waals surface area contributed by atoms with Crippen molar-refractivity contribution >= 4 is 5.91 Å². The normalized spacial score (nSPS) is 24.0. The number of ether oxygens (including phenoxy) is 1. The highest BCUT2D eigenvalue weighted by atomic mass is 16.5. The van der Waals surface area contributed by atoms with E-state index in [0.717, 1.165) is 25.7 Å². The van der Waals surface area contributed by atoms with E-state index in [1.54, 1.807) is 0 Å². The first-order valence-corrected chi connectivity index (χ1v) is 5.92. The molecule has 1 heterocycles. The number of aliphatic hydroxyl groups is 1. The van der Waals surface area contributed by atoms with E-state index in [0.29, 0.717) is 18.3 Å². The monoisotopic (exact) mass is 225 g/mol. The topological polar surface area (TPSA) is 58.6 Å². The zero-order chi connectivity index (χ0) is 11.6. The predicted molar refractivity (Wildman–Crippen MR) is 59.6 cm³/mol. The molecule has 2 aliphatic rings. The van der Waals surface area contributed by atoms with Crippen LogP contribution in [0.4, 0.5) is 0 Å². The lowest BCUT2D eigenvalue weighted by atomic mass is 9.97. The molecule has 4 heteroatoms. The second-order valence-corrected chi connectivity index (χ2v) is 4.86. The van der Waals surface area contributed by atoms with Crippen LogP contribution in [-0.4, -0.2) is 29.8 Å². The van der Waals surface area contributed by atoms with Crippen LogP contribution >= 0.6 is 0 Å². The highest BCUT2D eigenvalue weighted by Gasteiger charge is 2.42. The van der Waals surface area contributed by atoms with Crippen molar-refractivity contribution in [3.8, 4) is 0 Å². The van der Waals surface area contributed by atoms with E-state index in [4.69, 9.17) is 4.74 Å². The molecule has 90 valence electrons. The molecule has 1 fully saturated rings. The summed E-state index contributed by atoms with van der Waals surface area (Å²) in [7, 11) is 0. The SMILES string of the molecule is CC(CO)(NC(=O)C1=CCCCO1)C1CC1. The first-order chi connectivity index (χ1) is 7.65. The largest absolute Gasteiger partial charge is 0.488 e. The number of carbonyl (C=O) groups excluding carboxylic acids is 1. The average Bonchev–Trinajstić information content (AvgIpc) is 3.14. The van der Waals surface area contributed by atoms with E-state index in [-0.39, 0.29) is 12.5 Å². The maximum atomic E-state index is 11.9. The highest BCUT2D eigenvalue weighted by molar-refractivity contribution is 5.92. The number of allylic oxidation sites excluding steroid dienone is 1. The van der Waals surface area contributed by atoms with Crippen LogP contribution < -0.4 is 5.32 Å².